The molecule has 1 unspecified atom stereocenters. The van der Waals surface area contributed by atoms with E-state index in [4.69, 9.17) is 5.11 Å². The molecule has 0 aliphatic heterocycles. The Morgan fingerprint density at radius 2 is 1.83 bits per heavy atom. The van der Waals surface area contributed by atoms with Crippen molar-refractivity contribution in [1.29, 1.82) is 0 Å². The highest BCUT2D eigenvalue weighted by molar-refractivity contribution is 5.84. The molecule has 4 nitrogen and oxygen atoms in total. The molecule has 24 heavy (non-hydrogen) atoms. The standard InChI is InChI=1S/C20H36O4/c1-2-3-7-10-16(22)12-13-18-17(19(23)15-20(18)24)11-8-5-4-6-9-14-21/h12-13,16-18,20-22,24H,2-11,14-15H2,1H3/b13-12+/t16-,17+,18?,20+/m0/s1. The molecule has 4 atom stereocenters. The lowest BCUT2D eigenvalue weighted by molar-refractivity contribution is -0.121. The maximum Gasteiger partial charge on any atom is 0.139 e. The molecule has 0 aromatic carbocycles. The average molecular weight is 341 g/mol. The van der Waals surface area contributed by atoms with Crippen molar-refractivity contribution >= 4 is 5.78 Å². The predicted molar refractivity (Wildman–Crippen MR) is 96.7 cm³/mol. The van der Waals surface area contributed by atoms with E-state index in [9.17, 15) is 15.0 Å². The van der Waals surface area contributed by atoms with Gasteiger partial charge in [0, 0.05) is 24.9 Å². The van der Waals surface area contributed by atoms with Gasteiger partial charge < -0.3 is 15.3 Å². The minimum Gasteiger partial charge on any atom is -0.396 e. The van der Waals surface area contributed by atoms with Crippen molar-refractivity contribution in [2.45, 2.75) is 89.8 Å². The van der Waals surface area contributed by atoms with Crippen LogP contribution < -0.4 is 0 Å². The normalized spacial score (nSPS) is 25.7. The lowest BCUT2D eigenvalue weighted by Crippen LogP contribution is -2.19. The van der Waals surface area contributed by atoms with E-state index in [1.807, 2.05) is 6.08 Å². The summed E-state index contributed by atoms with van der Waals surface area (Å²) in [4.78, 5) is 12.1. The summed E-state index contributed by atoms with van der Waals surface area (Å²) in [7, 11) is 0. The van der Waals surface area contributed by atoms with Gasteiger partial charge in [-0.2, -0.15) is 0 Å². The second-order valence-corrected chi connectivity index (χ2v) is 7.15. The van der Waals surface area contributed by atoms with Crippen LogP contribution in [0.3, 0.4) is 0 Å². The lowest BCUT2D eigenvalue weighted by Gasteiger charge is -2.18. The summed E-state index contributed by atoms with van der Waals surface area (Å²) in [5.41, 5.74) is 0. The second-order valence-electron chi connectivity index (χ2n) is 7.15. The minimum atomic E-state index is -0.601. The van der Waals surface area contributed by atoms with Crippen LogP contribution in [0, 0.1) is 11.8 Å². The molecule has 1 aliphatic rings. The van der Waals surface area contributed by atoms with Crippen LogP contribution in [-0.2, 0) is 4.79 Å². The molecule has 0 heterocycles. The van der Waals surface area contributed by atoms with E-state index in [-0.39, 0.29) is 30.6 Å². The van der Waals surface area contributed by atoms with E-state index in [0.29, 0.717) is 0 Å². The molecule has 1 saturated carbocycles. The Balaban J connectivity index is 2.40. The van der Waals surface area contributed by atoms with Crippen LogP contribution in [-0.4, -0.2) is 39.9 Å². The van der Waals surface area contributed by atoms with Gasteiger partial charge in [-0.1, -0.05) is 64.0 Å². The van der Waals surface area contributed by atoms with Gasteiger partial charge in [-0.25, -0.2) is 0 Å². The molecular formula is C20H36O4. The van der Waals surface area contributed by atoms with E-state index in [1.165, 1.54) is 0 Å². The van der Waals surface area contributed by atoms with Crippen LogP contribution in [0.2, 0.25) is 0 Å². The topological polar surface area (TPSA) is 77.8 Å². The molecule has 0 bridgehead atoms. The van der Waals surface area contributed by atoms with Gasteiger partial charge in [0.2, 0.25) is 0 Å². The first-order valence-corrected chi connectivity index (χ1v) is 9.78. The van der Waals surface area contributed by atoms with Gasteiger partial charge in [-0.05, 0) is 19.3 Å². The average Bonchev–Trinajstić information content (AvgIpc) is 2.82. The van der Waals surface area contributed by atoms with Crippen LogP contribution in [0.5, 0.6) is 0 Å². The molecule has 1 fully saturated rings. The van der Waals surface area contributed by atoms with Crippen molar-refractivity contribution < 1.29 is 20.1 Å². The highest BCUT2D eigenvalue weighted by atomic mass is 16.3. The maximum absolute atomic E-state index is 12.1. The zero-order valence-corrected chi connectivity index (χ0v) is 15.2. The van der Waals surface area contributed by atoms with Gasteiger partial charge in [-0.15, -0.1) is 0 Å². The third kappa shape index (κ3) is 7.91. The molecule has 0 saturated heterocycles. The summed E-state index contributed by atoms with van der Waals surface area (Å²) in [6.45, 7) is 2.39. The summed E-state index contributed by atoms with van der Waals surface area (Å²) < 4.78 is 0. The molecule has 0 aromatic rings. The van der Waals surface area contributed by atoms with Crippen LogP contribution in [0.15, 0.2) is 12.2 Å². The lowest BCUT2D eigenvalue weighted by atomic mass is 9.88. The summed E-state index contributed by atoms with van der Waals surface area (Å²) in [6.07, 6.45) is 12.7. The van der Waals surface area contributed by atoms with Crippen LogP contribution in [0.25, 0.3) is 0 Å². The number of carbonyl (C=O) groups excluding carboxylic acids is 1. The van der Waals surface area contributed by atoms with Crippen molar-refractivity contribution in [3.05, 3.63) is 12.2 Å². The fourth-order valence-corrected chi connectivity index (χ4v) is 3.55. The fraction of sp³-hybridized carbons (Fsp3) is 0.850. The van der Waals surface area contributed by atoms with Gasteiger partial charge in [-0.3, -0.25) is 4.79 Å². The van der Waals surface area contributed by atoms with E-state index < -0.39 is 12.2 Å². The summed E-state index contributed by atoms with van der Waals surface area (Å²) in [5, 5.41) is 28.9. The molecule has 4 heteroatoms. The number of hydrogen-bond donors (Lipinski definition) is 3. The number of unbranched alkanes of at least 4 members (excludes halogenated alkanes) is 6. The first-order valence-electron chi connectivity index (χ1n) is 9.78. The Kier molecular flexibility index (Phi) is 11.2. The number of Topliss-reactive ketones (excluding diaryl/α,β-unsaturated/α-hetero) is 1. The van der Waals surface area contributed by atoms with Crippen LogP contribution >= 0.6 is 0 Å². The molecule has 0 spiro atoms. The number of aliphatic hydroxyl groups excluding tert-OH is 3. The first kappa shape index (κ1) is 21.3. The maximum atomic E-state index is 12.1. The van der Waals surface area contributed by atoms with Crippen molar-refractivity contribution in [3.63, 3.8) is 0 Å². The monoisotopic (exact) mass is 340 g/mol. The number of ketones is 1. The van der Waals surface area contributed by atoms with Crippen molar-refractivity contribution in [1.82, 2.24) is 0 Å². The first-order chi connectivity index (χ1) is 11.6. The molecule has 0 radical (unpaired) electrons. The Morgan fingerprint density at radius 3 is 2.54 bits per heavy atom. The van der Waals surface area contributed by atoms with Gasteiger partial charge in [0.15, 0.2) is 0 Å². The van der Waals surface area contributed by atoms with E-state index in [0.717, 1.165) is 64.2 Å². The van der Waals surface area contributed by atoms with Gasteiger partial charge in [0.05, 0.1) is 12.2 Å². The Morgan fingerprint density at radius 1 is 1.12 bits per heavy atom. The predicted octanol–water partition coefficient (Wildman–Crippen LogP) is 3.38. The molecule has 140 valence electrons. The van der Waals surface area contributed by atoms with Gasteiger partial charge in [0.1, 0.15) is 5.78 Å². The number of rotatable bonds is 13. The second kappa shape index (κ2) is 12.6. The number of aliphatic hydroxyl groups is 3. The Bertz CT molecular complexity index is 367. The van der Waals surface area contributed by atoms with E-state index >= 15 is 0 Å². The smallest absolute Gasteiger partial charge is 0.139 e. The fourth-order valence-electron chi connectivity index (χ4n) is 3.55. The quantitative estimate of drug-likeness (QED) is 0.355. The molecular weight excluding hydrogens is 304 g/mol. The third-order valence-electron chi connectivity index (χ3n) is 5.06. The summed E-state index contributed by atoms with van der Waals surface area (Å²) in [5.74, 6) is -0.0827. The highest BCUT2D eigenvalue weighted by Crippen LogP contribution is 2.34. The van der Waals surface area contributed by atoms with Gasteiger partial charge >= 0.3 is 0 Å². The summed E-state index contributed by atoms with van der Waals surface area (Å²) >= 11 is 0. The SMILES string of the molecule is CCCCC[C@H](O)/C=C/C1[C@H](O)CC(=O)[C@@H]1CCCCCCCO. The zero-order chi connectivity index (χ0) is 17.8. The third-order valence-corrected chi connectivity index (χ3v) is 5.06. The van der Waals surface area contributed by atoms with Crippen LogP contribution in [0.1, 0.15) is 77.6 Å². The molecule has 1 aliphatic carbocycles. The molecule has 0 aromatic heterocycles. The van der Waals surface area contributed by atoms with Crippen molar-refractivity contribution in [3.8, 4) is 0 Å². The van der Waals surface area contributed by atoms with E-state index in [1.54, 1.807) is 6.08 Å². The Hall–Kier alpha value is -0.710. The summed E-state index contributed by atoms with van der Waals surface area (Å²) in [6, 6.07) is 0. The zero-order valence-electron chi connectivity index (χ0n) is 15.2. The highest BCUT2D eigenvalue weighted by Gasteiger charge is 2.39. The van der Waals surface area contributed by atoms with E-state index in [2.05, 4.69) is 6.92 Å². The number of hydrogen-bond acceptors (Lipinski definition) is 4. The molecule has 3 N–H and O–H groups in total. The Labute approximate surface area is 147 Å². The van der Waals surface area contributed by atoms with Crippen molar-refractivity contribution in [2.75, 3.05) is 6.61 Å². The molecule has 1 rings (SSSR count). The van der Waals surface area contributed by atoms with Crippen molar-refractivity contribution in [2.24, 2.45) is 11.8 Å². The molecule has 0 amide bonds. The van der Waals surface area contributed by atoms with Crippen LogP contribution in [0.4, 0.5) is 0 Å². The minimum absolute atomic E-state index is 0.100. The largest absolute Gasteiger partial charge is 0.396 e. The number of carbonyl (C=O) groups is 1. The van der Waals surface area contributed by atoms with Gasteiger partial charge in [0.25, 0.3) is 0 Å².